The van der Waals surface area contributed by atoms with E-state index >= 15 is 0 Å². The van der Waals surface area contributed by atoms with Crippen molar-refractivity contribution in [3.63, 3.8) is 0 Å². The van der Waals surface area contributed by atoms with E-state index in [0.29, 0.717) is 0 Å². The molecule has 2 nitrogen and oxygen atoms in total. The van der Waals surface area contributed by atoms with Crippen LogP contribution in [0, 0.1) is 0 Å². The molecule has 17 heavy (non-hydrogen) atoms. The molecule has 0 bridgehead atoms. The third kappa shape index (κ3) is 4.48. The molecule has 0 spiro atoms. The van der Waals surface area contributed by atoms with E-state index in [1.165, 1.54) is 18.2 Å². The fourth-order valence-corrected chi connectivity index (χ4v) is 1.25. The number of hydrogen-bond acceptors (Lipinski definition) is 2. The molecule has 0 amide bonds. The number of halogens is 3. The Hall–Kier alpha value is -1.49. The third-order valence-corrected chi connectivity index (χ3v) is 2.00. The quantitative estimate of drug-likeness (QED) is 0.827. The molecule has 1 rings (SSSR count). The second kappa shape index (κ2) is 5.72. The van der Waals surface area contributed by atoms with Gasteiger partial charge in [0, 0.05) is 0 Å². The molecule has 0 aliphatic carbocycles. The molecular formula is C12H13F3O2. The zero-order chi connectivity index (χ0) is 12.9. The number of aliphatic hydroxyl groups is 1. The van der Waals surface area contributed by atoms with Gasteiger partial charge in [0.15, 0.2) is 0 Å². The number of alkyl halides is 3. The van der Waals surface area contributed by atoms with Crippen LogP contribution in [0.5, 0.6) is 5.75 Å². The van der Waals surface area contributed by atoms with Crippen molar-refractivity contribution in [1.82, 2.24) is 0 Å². The van der Waals surface area contributed by atoms with Gasteiger partial charge in [-0.2, -0.15) is 13.2 Å². The van der Waals surface area contributed by atoms with Crippen molar-refractivity contribution in [2.75, 3.05) is 6.61 Å². The van der Waals surface area contributed by atoms with Crippen LogP contribution in [0.25, 0.3) is 0 Å². The second-order valence-corrected chi connectivity index (χ2v) is 3.46. The number of hydrogen-bond donors (Lipinski definition) is 1. The number of rotatable bonds is 4. The van der Waals surface area contributed by atoms with Gasteiger partial charge in [-0.1, -0.05) is 12.1 Å². The second-order valence-electron chi connectivity index (χ2n) is 3.46. The van der Waals surface area contributed by atoms with Crippen molar-refractivity contribution >= 4 is 0 Å². The summed E-state index contributed by atoms with van der Waals surface area (Å²) in [5.74, 6) is 0.148. The van der Waals surface area contributed by atoms with E-state index in [1.807, 2.05) is 0 Å². The van der Waals surface area contributed by atoms with Crippen LogP contribution in [0.2, 0.25) is 0 Å². The Labute approximate surface area is 97.3 Å². The summed E-state index contributed by atoms with van der Waals surface area (Å²) in [7, 11) is 0. The van der Waals surface area contributed by atoms with E-state index in [4.69, 9.17) is 9.84 Å². The van der Waals surface area contributed by atoms with Gasteiger partial charge in [0.05, 0.1) is 12.2 Å². The van der Waals surface area contributed by atoms with Crippen LogP contribution in [-0.4, -0.2) is 17.8 Å². The Balaban J connectivity index is 2.76. The Morgan fingerprint density at radius 3 is 2.71 bits per heavy atom. The molecule has 1 aromatic carbocycles. The molecule has 0 saturated heterocycles. The smallest absolute Gasteiger partial charge is 0.416 e. The minimum Gasteiger partial charge on any atom is -0.487 e. The van der Waals surface area contributed by atoms with Gasteiger partial charge in [-0.25, -0.2) is 0 Å². The van der Waals surface area contributed by atoms with Crippen LogP contribution in [0.3, 0.4) is 0 Å². The van der Waals surface area contributed by atoms with Crippen LogP contribution in [0.15, 0.2) is 36.4 Å². The van der Waals surface area contributed by atoms with E-state index in [-0.39, 0.29) is 12.4 Å². The van der Waals surface area contributed by atoms with E-state index < -0.39 is 17.8 Å². The molecule has 0 aromatic heterocycles. The number of ether oxygens (including phenoxy) is 1. The molecule has 1 aromatic rings. The average Bonchev–Trinajstić information content (AvgIpc) is 2.25. The molecule has 1 atom stereocenters. The molecule has 1 unspecified atom stereocenters. The zero-order valence-electron chi connectivity index (χ0n) is 9.24. The summed E-state index contributed by atoms with van der Waals surface area (Å²) in [5.41, 5.74) is -0.742. The van der Waals surface area contributed by atoms with Crippen LogP contribution in [0.4, 0.5) is 13.2 Å². The Kier molecular flexibility index (Phi) is 4.57. The van der Waals surface area contributed by atoms with Gasteiger partial charge in [-0.05, 0) is 31.2 Å². The van der Waals surface area contributed by atoms with Crippen molar-refractivity contribution in [2.45, 2.75) is 19.2 Å². The fourth-order valence-electron chi connectivity index (χ4n) is 1.25. The summed E-state index contributed by atoms with van der Waals surface area (Å²) < 4.78 is 42.5. The van der Waals surface area contributed by atoms with Crippen molar-refractivity contribution in [3.05, 3.63) is 42.0 Å². The lowest BCUT2D eigenvalue weighted by atomic mass is 10.2. The van der Waals surface area contributed by atoms with Crippen LogP contribution >= 0.6 is 0 Å². The van der Waals surface area contributed by atoms with Gasteiger partial charge in [-0.3, -0.25) is 0 Å². The fraction of sp³-hybridized carbons (Fsp3) is 0.333. The van der Waals surface area contributed by atoms with Gasteiger partial charge in [0.1, 0.15) is 11.9 Å². The van der Waals surface area contributed by atoms with Crippen molar-refractivity contribution in [3.8, 4) is 5.75 Å². The highest BCUT2D eigenvalue weighted by molar-refractivity contribution is 5.30. The SMILES string of the molecule is CC(C=CCO)Oc1cccc(C(F)(F)F)c1. The summed E-state index contributed by atoms with van der Waals surface area (Å²) in [4.78, 5) is 0. The summed E-state index contributed by atoms with van der Waals surface area (Å²) >= 11 is 0. The highest BCUT2D eigenvalue weighted by atomic mass is 19.4. The largest absolute Gasteiger partial charge is 0.487 e. The summed E-state index contributed by atoms with van der Waals surface area (Å²) in [5, 5.41) is 8.54. The van der Waals surface area contributed by atoms with Gasteiger partial charge < -0.3 is 9.84 Å². The molecule has 0 aliphatic heterocycles. The Morgan fingerprint density at radius 2 is 2.12 bits per heavy atom. The summed E-state index contributed by atoms with van der Waals surface area (Å²) in [6.07, 6.45) is -1.73. The van der Waals surface area contributed by atoms with Gasteiger partial charge >= 0.3 is 6.18 Å². The third-order valence-electron chi connectivity index (χ3n) is 2.00. The van der Waals surface area contributed by atoms with Gasteiger partial charge in [0.25, 0.3) is 0 Å². The number of aliphatic hydroxyl groups excluding tert-OH is 1. The Morgan fingerprint density at radius 1 is 1.41 bits per heavy atom. The highest BCUT2D eigenvalue weighted by Gasteiger charge is 2.30. The Bertz CT molecular complexity index is 386. The molecule has 1 N–H and O–H groups in total. The summed E-state index contributed by atoms with van der Waals surface area (Å²) in [6.45, 7) is 1.54. The van der Waals surface area contributed by atoms with E-state index in [2.05, 4.69) is 0 Å². The van der Waals surface area contributed by atoms with Crippen LogP contribution in [-0.2, 0) is 6.18 Å². The normalized spacial score (nSPS) is 13.9. The standard InChI is InChI=1S/C12H13F3O2/c1-9(4-3-7-16)17-11-6-2-5-10(8-11)12(13,14)15/h2-6,8-9,16H,7H2,1H3. The first-order valence-corrected chi connectivity index (χ1v) is 5.05. The lowest BCUT2D eigenvalue weighted by molar-refractivity contribution is -0.137. The first-order valence-electron chi connectivity index (χ1n) is 5.05. The van der Waals surface area contributed by atoms with Crippen molar-refractivity contribution in [1.29, 1.82) is 0 Å². The van der Waals surface area contributed by atoms with E-state index in [0.717, 1.165) is 12.1 Å². The first kappa shape index (κ1) is 13.6. The van der Waals surface area contributed by atoms with Crippen LogP contribution in [0.1, 0.15) is 12.5 Å². The average molecular weight is 246 g/mol. The van der Waals surface area contributed by atoms with E-state index in [9.17, 15) is 13.2 Å². The van der Waals surface area contributed by atoms with Crippen LogP contribution < -0.4 is 4.74 Å². The molecule has 0 radical (unpaired) electrons. The number of benzene rings is 1. The monoisotopic (exact) mass is 246 g/mol. The lowest BCUT2D eigenvalue weighted by Gasteiger charge is -2.13. The molecular weight excluding hydrogens is 233 g/mol. The van der Waals surface area contributed by atoms with E-state index in [1.54, 1.807) is 13.0 Å². The minimum absolute atomic E-state index is 0.129. The molecule has 94 valence electrons. The van der Waals surface area contributed by atoms with Crippen molar-refractivity contribution in [2.24, 2.45) is 0 Å². The predicted octanol–water partition coefficient (Wildman–Crippen LogP) is 3.02. The summed E-state index contributed by atoms with van der Waals surface area (Å²) in [6, 6.07) is 4.68. The predicted molar refractivity (Wildman–Crippen MR) is 57.8 cm³/mol. The highest BCUT2D eigenvalue weighted by Crippen LogP contribution is 2.31. The topological polar surface area (TPSA) is 29.5 Å². The molecule has 0 fully saturated rings. The maximum Gasteiger partial charge on any atom is 0.416 e. The molecule has 0 heterocycles. The minimum atomic E-state index is -4.37. The van der Waals surface area contributed by atoms with Gasteiger partial charge in [0.2, 0.25) is 0 Å². The lowest BCUT2D eigenvalue weighted by Crippen LogP contribution is -2.10. The molecule has 5 heteroatoms. The van der Waals surface area contributed by atoms with Crippen molar-refractivity contribution < 1.29 is 23.0 Å². The maximum atomic E-state index is 12.4. The zero-order valence-corrected chi connectivity index (χ0v) is 9.24. The maximum absolute atomic E-state index is 12.4. The first-order chi connectivity index (χ1) is 7.93. The molecule has 0 saturated carbocycles. The molecule has 0 aliphatic rings. The van der Waals surface area contributed by atoms with Gasteiger partial charge in [-0.15, -0.1) is 0 Å².